The topological polar surface area (TPSA) is 58.6 Å². The Hall–Kier alpha value is -1.75. The first kappa shape index (κ1) is 15.6. The molecule has 1 N–H and O–H groups in total. The lowest BCUT2D eigenvalue weighted by Crippen LogP contribution is -2.55. The Morgan fingerprint density at radius 3 is 2.81 bits per heavy atom. The van der Waals surface area contributed by atoms with Crippen molar-refractivity contribution in [2.24, 2.45) is 0 Å². The van der Waals surface area contributed by atoms with Crippen LogP contribution in [0.2, 0.25) is 5.02 Å². The van der Waals surface area contributed by atoms with E-state index in [1.165, 1.54) is 4.90 Å². The largest absolute Gasteiger partial charge is 0.476 e. The summed E-state index contributed by atoms with van der Waals surface area (Å²) in [5.41, 5.74) is -0.482. The van der Waals surface area contributed by atoms with Crippen molar-refractivity contribution in [3.05, 3.63) is 23.2 Å². The zero-order chi connectivity index (χ0) is 15.6. The summed E-state index contributed by atoms with van der Waals surface area (Å²) in [7, 11) is 0. The third kappa shape index (κ3) is 3.29. The highest BCUT2D eigenvalue weighted by Crippen LogP contribution is 2.39. The molecule has 0 atom stereocenters. The van der Waals surface area contributed by atoms with Crippen molar-refractivity contribution < 1.29 is 14.3 Å². The van der Waals surface area contributed by atoms with Crippen molar-refractivity contribution in [1.82, 2.24) is 5.32 Å². The van der Waals surface area contributed by atoms with Gasteiger partial charge in [-0.1, -0.05) is 18.5 Å². The van der Waals surface area contributed by atoms with Crippen LogP contribution in [0.3, 0.4) is 0 Å². The van der Waals surface area contributed by atoms with Gasteiger partial charge in [0, 0.05) is 11.6 Å². The summed E-state index contributed by atoms with van der Waals surface area (Å²) < 4.78 is 5.70. The summed E-state index contributed by atoms with van der Waals surface area (Å²) in [6.07, 6.45) is 0.844. The molecule has 1 aliphatic heterocycles. The first-order valence-corrected chi connectivity index (χ1v) is 7.30. The number of nitrogens with one attached hydrogen (secondary N) is 1. The summed E-state index contributed by atoms with van der Waals surface area (Å²) in [6.45, 7) is 5.88. The Labute approximate surface area is 129 Å². The van der Waals surface area contributed by atoms with Crippen LogP contribution in [-0.4, -0.2) is 30.5 Å². The molecule has 21 heavy (non-hydrogen) atoms. The summed E-state index contributed by atoms with van der Waals surface area (Å²) in [6, 6.07) is 5.04. The molecule has 114 valence electrons. The van der Waals surface area contributed by atoms with E-state index in [9.17, 15) is 9.59 Å². The molecule has 0 saturated heterocycles. The normalized spacial score (nSPS) is 16.2. The smallest absolute Gasteiger partial charge is 0.271 e. The molecule has 2 amide bonds. The van der Waals surface area contributed by atoms with Gasteiger partial charge in [0.2, 0.25) is 5.91 Å². The lowest BCUT2D eigenvalue weighted by Gasteiger charge is -2.38. The maximum atomic E-state index is 12.5. The van der Waals surface area contributed by atoms with Gasteiger partial charge in [0.1, 0.15) is 12.3 Å². The van der Waals surface area contributed by atoms with Crippen LogP contribution in [-0.2, 0) is 9.59 Å². The van der Waals surface area contributed by atoms with Gasteiger partial charge < -0.3 is 10.1 Å². The van der Waals surface area contributed by atoms with Crippen molar-refractivity contribution in [2.45, 2.75) is 32.8 Å². The van der Waals surface area contributed by atoms with E-state index in [0.29, 0.717) is 23.0 Å². The monoisotopic (exact) mass is 310 g/mol. The fourth-order valence-corrected chi connectivity index (χ4v) is 2.33. The van der Waals surface area contributed by atoms with E-state index in [1.807, 2.05) is 6.92 Å². The number of carbonyl (C=O) groups is 2. The number of carbonyl (C=O) groups excluding carboxylic acids is 2. The quantitative estimate of drug-likeness (QED) is 0.929. The van der Waals surface area contributed by atoms with E-state index in [1.54, 1.807) is 32.0 Å². The Kier molecular flexibility index (Phi) is 4.42. The molecule has 0 saturated carbocycles. The number of nitrogens with zero attached hydrogens (tertiary/aromatic N) is 1. The van der Waals surface area contributed by atoms with Gasteiger partial charge in [-0.05, 0) is 38.5 Å². The fourth-order valence-electron chi connectivity index (χ4n) is 2.16. The minimum Gasteiger partial charge on any atom is -0.476 e. The molecule has 1 heterocycles. The van der Waals surface area contributed by atoms with Crippen LogP contribution in [0, 0.1) is 0 Å². The molecule has 6 heteroatoms. The second kappa shape index (κ2) is 5.93. The van der Waals surface area contributed by atoms with E-state index < -0.39 is 5.60 Å². The zero-order valence-electron chi connectivity index (χ0n) is 12.4. The summed E-state index contributed by atoms with van der Waals surface area (Å²) in [5.74, 6) is 0.0880. The highest BCUT2D eigenvalue weighted by atomic mass is 35.5. The molecular formula is C15H19ClN2O3. The van der Waals surface area contributed by atoms with E-state index in [4.69, 9.17) is 16.3 Å². The SMILES string of the molecule is CCCNC(=O)CN1C(=O)C(C)(C)Oc2ccc(Cl)cc21. The molecule has 0 aromatic heterocycles. The van der Waals surface area contributed by atoms with Gasteiger partial charge in [-0.25, -0.2) is 0 Å². The highest BCUT2D eigenvalue weighted by molar-refractivity contribution is 6.31. The lowest BCUT2D eigenvalue weighted by molar-refractivity contribution is -0.134. The molecule has 0 unspecified atom stereocenters. The second-order valence-corrected chi connectivity index (χ2v) is 5.90. The maximum Gasteiger partial charge on any atom is 0.271 e. The van der Waals surface area contributed by atoms with Crippen molar-refractivity contribution in [2.75, 3.05) is 18.0 Å². The number of fused-ring (bicyclic) bond motifs is 1. The Morgan fingerprint density at radius 1 is 1.43 bits per heavy atom. The zero-order valence-corrected chi connectivity index (χ0v) is 13.2. The van der Waals surface area contributed by atoms with E-state index in [0.717, 1.165) is 6.42 Å². The third-order valence-corrected chi connectivity index (χ3v) is 3.45. The van der Waals surface area contributed by atoms with Crippen LogP contribution in [0.4, 0.5) is 5.69 Å². The minimum absolute atomic E-state index is 0.0427. The van der Waals surface area contributed by atoms with E-state index in [2.05, 4.69) is 5.32 Å². The molecule has 0 aliphatic carbocycles. The molecule has 2 rings (SSSR count). The van der Waals surface area contributed by atoms with Gasteiger partial charge in [-0.15, -0.1) is 0 Å². The van der Waals surface area contributed by atoms with Crippen molar-refractivity contribution in [3.8, 4) is 5.75 Å². The number of ether oxygens (including phenoxy) is 1. The first-order chi connectivity index (χ1) is 9.85. The number of halogens is 1. The molecule has 1 aliphatic rings. The van der Waals surface area contributed by atoms with E-state index >= 15 is 0 Å². The molecule has 0 radical (unpaired) electrons. The molecule has 5 nitrogen and oxygen atoms in total. The number of anilines is 1. The molecule has 1 aromatic rings. The molecule has 0 spiro atoms. The van der Waals surface area contributed by atoms with Crippen LogP contribution in [0.25, 0.3) is 0 Å². The molecule has 0 fully saturated rings. The van der Waals surface area contributed by atoms with Gasteiger partial charge in [0.25, 0.3) is 5.91 Å². The lowest BCUT2D eigenvalue weighted by atomic mass is 10.0. The predicted octanol–water partition coefficient (Wildman–Crippen LogP) is 2.37. The van der Waals surface area contributed by atoms with Gasteiger partial charge in [0.15, 0.2) is 5.60 Å². The molecule has 1 aromatic carbocycles. The van der Waals surface area contributed by atoms with Gasteiger partial charge in [-0.2, -0.15) is 0 Å². The van der Waals surface area contributed by atoms with Gasteiger partial charge >= 0.3 is 0 Å². The van der Waals surface area contributed by atoms with Crippen molar-refractivity contribution in [3.63, 3.8) is 0 Å². The molecule has 0 bridgehead atoms. The van der Waals surface area contributed by atoms with Crippen molar-refractivity contribution >= 4 is 29.1 Å². The Bertz CT molecular complexity index is 572. The average molecular weight is 311 g/mol. The first-order valence-electron chi connectivity index (χ1n) is 6.92. The number of benzene rings is 1. The molecular weight excluding hydrogens is 292 g/mol. The fraction of sp³-hybridized carbons (Fsp3) is 0.467. The van der Waals surface area contributed by atoms with Crippen LogP contribution in [0.15, 0.2) is 18.2 Å². The Balaban J connectivity index is 2.31. The number of amides is 2. The maximum absolute atomic E-state index is 12.5. The highest BCUT2D eigenvalue weighted by Gasteiger charge is 2.41. The van der Waals surface area contributed by atoms with Crippen LogP contribution in [0.1, 0.15) is 27.2 Å². The minimum atomic E-state index is -1.01. The average Bonchev–Trinajstić information content (AvgIpc) is 2.42. The number of hydrogen-bond acceptors (Lipinski definition) is 3. The summed E-state index contributed by atoms with van der Waals surface area (Å²) >= 11 is 5.99. The summed E-state index contributed by atoms with van der Waals surface area (Å²) in [5, 5.41) is 3.26. The van der Waals surface area contributed by atoms with Crippen molar-refractivity contribution in [1.29, 1.82) is 0 Å². The summed E-state index contributed by atoms with van der Waals surface area (Å²) in [4.78, 5) is 25.9. The van der Waals surface area contributed by atoms with Gasteiger partial charge in [-0.3, -0.25) is 14.5 Å². The third-order valence-electron chi connectivity index (χ3n) is 3.21. The van der Waals surface area contributed by atoms with Crippen LogP contribution in [0.5, 0.6) is 5.75 Å². The standard InChI is InChI=1S/C15H19ClN2O3/c1-4-7-17-13(19)9-18-11-8-10(16)5-6-12(11)21-15(2,3)14(18)20/h5-6,8H,4,7,9H2,1-3H3,(H,17,19). The number of rotatable bonds is 4. The van der Waals surface area contributed by atoms with E-state index in [-0.39, 0.29) is 18.4 Å². The van der Waals surface area contributed by atoms with Crippen LogP contribution >= 0.6 is 11.6 Å². The number of hydrogen-bond donors (Lipinski definition) is 1. The second-order valence-electron chi connectivity index (χ2n) is 5.47. The van der Waals surface area contributed by atoms with Crippen LogP contribution < -0.4 is 15.0 Å². The predicted molar refractivity (Wildman–Crippen MR) is 81.8 cm³/mol. The Morgan fingerprint density at radius 2 is 2.14 bits per heavy atom. The van der Waals surface area contributed by atoms with Gasteiger partial charge in [0.05, 0.1) is 5.69 Å².